The normalized spacial score (nSPS) is 12.0. The van der Waals surface area contributed by atoms with Crippen LogP contribution in [0.25, 0.3) is 10.9 Å². The molecule has 0 unspecified atom stereocenters. The number of fused-ring (bicyclic) bond motifs is 1. The largest absolute Gasteiger partial charge is 0.305 e. The van der Waals surface area contributed by atoms with Crippen molar-refractivity contribution in [2.45, 2.75) is 26.8 Å². The lowest BCUT2D eigenvalue weighted by atomic mass is 9.98. The van der Waals surface area contributed by atoms with Crippen molar-refractivity contribution >= 4 is 32.7 Å². The number of aromatic nitrogens is 3. The molecule has 126 valence electrons. The van der Waals surface area contributed by atoms with Gasteiger partial charge in [0.25, 0.3) is 0 Å². The predicted molar refractivity (Wildman–Crippen MR) is 101 cm³/mol. The van der Waals surface area contributed by atoms with Crippen molar-refractivity contribution < 1.29 is 4.68 Å². The van der Waals surface area contributed by atoms with E-state index in [2.05, 4.69) is 44.3 Å². The molecule has 1 N–H and O–H groups in total. The minimum atomic E-state index is 0.0196. The minimum Gasteiger partial charge on any atom is -0.266 e. The Labute approximate surface area is 155 Å². The van der Waals surface area contributed by atoms with Crippen LogP contribution in [0.2, 0.25) is 0 Å². The van der Waals surface area contributed by atoms with Crippen molar-refractivity contribution in [2.75, 3.05) is 5.32 Å². The van der Waals surface area contributed by atoms with Crippen LogP contribution >= 0.6 is 15.9 Å². The van der Waals surface area contributed by atoms with Crippen LogP contribution in [0.3, 0.4) is 0 Å². The van der Waals surface area contributed by atoms with Crippen LogP contribution in [-0.2, 0) is 7.05 Å². The third kappa shape index (κ3) is 3.20. The van der Waals surface area contributed by atoms with E-state index in [0.717, 1.165) is 38.0 Å². The van der Waals surface area contributed by atoms with Gasteiger partial charge in [0, 0.05) is 10.7 Å². The van der Waals surface area contributed by atoms with E-state index in [1.54, 1.807) is 6.20 Å². The summed E-state index contributed by atoms with van der Waals surface area (Å²) in [6.07, 6.45) is 1.78. The number of hydrogen-bond acceptors (Lipinski definition) is 4. The average Bonchev–Trinajstić information content (AvgIpc) is 2.58. The Morgan fingerprint density at radius 3 is 2.80 bits per heavy atom. The van der Waals surface area contributed by atoms with Crippen molar-refractivity contribution in [3.63, 3.8) is 0 Å². The molecule has 2 heterocycles. The number of halogens is 1. The Kier molecular flexibility index (Phi) is 4.69. The molecule has 0 saturated heterocycles. The highest BCUT2D eigenvalue weighted by molar-refractivity contribution is 9.10. The molecule has 25 heavy (non-hydrogen) atoms. The molecule has 6 heteroatoms. The lowest BCUT2D eigenvalue weighted by Gasteiger charge is -2.15. The lowest BCUT2D eigenvalue weighted by molar-refractivity contribution is -0.716. The van der Waals surface area contributed by atoms with Gasteiger partial charge in [-0.1, -0.05) is 17.2 Å². The van der Waals surface area contributed by atoms with Crippen LogP contribution in [0.15, 0.2) is 34.9 Å². The molecule has 0 radical (unpaired) electrons. The molecule has 0 fully saturated rings. The van der Waals surface area contributed by atoms with Gasteiger partial charge in [-0.2, -0.15) is 5.26 Å². The van der Waals surface area contributed by atoms with Gasteiger partial charge in [-0.15, -0.1) is 4.68 Å². The second kappa shape index (κ2) is 6.77. The molecular formula is C19H19BrN5+. The molecule has 1 aromatic carbocycles. The number of benzene rings is 1. The number of pyridine rings is 1. The number of aryl methyl sites for hydroxylation is 2. The Morgan fingerprint density at radius 2 is 2.08 bits per heavy atom. The first kappa shape index (κ1) is 17.3. The van der Waals surface area contributed by atoms with Crippen LogP contribution in [0.4, 0.5) is 5.82 Å². The molecule has 0 bridgehead atoms. The standard InChI is InChI=1S/C19H18BrN5/c1-11-14(9-21)6-5-7-16(11)12(2)23-19-17-8-15(20)10-22-18(17)13(3)24-25(19)4/h5-8,10,12H,1-4H3/p+1/t12-/m1/s1. The second-order valence-corrected chi connectivity index (χ2v) is 7.02. The van der Waals surface area contributed by atoms with Crippen LogP contribution in [0.1, 0.15) is 35.3 Å². The lowest BCUT2D eigenvalue weighted by Crippen LogP contribution is -2.38. The van der Waals surface area contributed by atoms with Gasteiger partial charge < -0.3 is 0 Å². The van der Waals surface area contributed by atoms with Crippen LogP contribution in [0.5, 0.6) is 0 Å². The molecule has 0 aliphatic heterocycles. The van der Waals surface area contributed by atoms with Crippen molar-refractivity contribution in [2.24, 2.45) is 7.05 Å². The highest BCUT2D eigenvalue weighted by Gasteiger charge is 2.22. The Morgan fingerprint density at radius 1 is 1.32 bits per heavy atom. The van der Waals surface area contributed by atoms with E-state index in [1.807, 2.05) is 49.8 Å². The van der Waals surface area contributed by atoms with Crippen molar-refractivity contribution in [1.82, 2.24) is 10.1 Å². The van der Waals surface area contributed by atoms with E-state index in [0.29, 0.717) is 5.56 Å². The van der Waals surface area contributed by atoms with Gasteiger partial charge in [0.1, 0.15) is 24.3 Å². The van der Waals surface area contributed by atoms with Gasteiger partial charge >= 0.3 is 5.82 Å². The molecule has 5 nitrogen and oxygen atoms in total. The monoisotopic (exact) mass is 396 g/mol. The summed E-state index contributed by atoms with van der Waals surface area (Å²) in [5, 5.41) is 18.4. The first-order valence-corrected chi connectivity index (χ1v) is 8.80. The van der Waals surface area contributed by atoms with Gasteiger partial charge in [0.2, 0.25) is 0 Å². The highest BCUT2D eigenvalue weighted by atomic mass is 79.9. The molecule has 0 saturated carbocycles. The zero-order valence-corrected chi connectivity index (χ0v) is 16.2. The van der Waals surface area contributed by atoms with Crippen molar-refractivity contribution in [1.29, 1.82) is 5.26 Å². The Bertz CT molecular complexity index is 1010. The molecule has 2 aromatic heterocycles. The zero-order chi connectivity index (χ0) is 18.1. The van der Waals surface area contributed by atoms with Gasteiger partial charge in [0.15, 0.2) is 0 Å². The van der Waals surface area contributed by atoms with Gasteiger partial charge in [-0.3, -0.25) is 10.3 Å². The predicted octanol–water partition coefficient (Wildman–Crippen LogP) is 3.88. The summed E-state index contributed by atoms with van der Waals surface area (Å²) in [5.41, 5.74) is 4.54. The summed E-state index contributed by atoms with van der Waals surface area (Å²) in [4.78, 5) is 4.50. The van der Waals surface area contributed by atoms with Crippen molar-refractivity contribution in [3.05, 3.63) is 57.3 Å². The first-order valence-electron chi connectivity index (χ1n) is 8.00. The van der Waals surface area contributed by atoms with Crippen LogP contribution in [-0.4, -0.2) is 10.1 Å². The summed E-state index contributed by atoms with van der Waals surface area (Å²) >= 11 is 3.50. The maximum Gasteiger partial charge on any atom is 0.305 e. The molecule has 3 rings (SSSR count). The second-order valence-electron chi connectivity index (χ2n) is 6.10. The van der Waals surface area contributed by atoms with Gasteiger partial charge in [0.05, 0.1) is 17.0 Å². The fraction of sp³-hybridized carbons (Fsp3) is 0.263. The maximum atomic E-state index is 9.26. The number of nitriles is 1. The molecule has 0 spiro atoms. The topological polar surface area (TPSA) is 65.5 Å². The molecule has 0 amide bonds. The van der Waals surface area contributed by atoms with Gasteiger partial charge in [-0.25, -0.2) is 0 Å². The third-order valence-corrected chi connectivity index (χ3v) is 4.83. The number of nitrogens with zero attached hydrogens (tertiary/aromatic N) is 4. The molecule has 1 atom stereocenters. The third-order valence-electron chi connectivity index (χ3n) is 4.39. The fourth-order valence-electron chi connectivity index (χ4n) is 3.10. The molecular weight excluding hydrogens is 378 g/mol. The van der Waals surface area contributed by atoms with Gasteiger partial charge in [-0.05, 0) is 60.0 Å². The smallest absolute Gasteiger partial charge is 0.266 e. The van der Waals surface area contributed by atoms with Crippen LogP contribution in [0, 0.1) is 25.2 Å². The zero-order valence-electron chi connectivity index (χ0n) is 14.6. The Balaban J connectivity index is 2.09. The molecule has 3 aromatic rings. The van der Waals surface area contributed by atoms with Crippen molar-refractivity contribution in [3.8, 4) is 6.07 Å². The Hall–Kier alpha value is -2.52. The van der Waals surface area contributed by atoms with Crippen LogP contribution < -0.4 is 10.00 Å². The van der Waals surface area contributed by atoms with E-state index in [-0.39, 0.29) is 6.04 Å². The summed E-state index contributed by atoms with van der Waals surface area (Å²) in [6, 6.07) is 10.1. The van der Waals surface area contributed by atoms with E-state index in [9.17, 15) is 5.26 Å². The number of hydrogen-bond donors (Lipinski definition) is 1. The number of nitrogens with one attached hydrogen (secondary N) is 1. The number of rotatable bonds is 3. The van der Waals surface area contributed by atoms with E-state index >= 15 is 0 Å². The summed E-state index contributed by atoms with van der Waals surface area (Å²) in [5.74, 6) is 0.892. The quantitative estimate of drug-likeness (QED) is 0.682. The van der Waals surface area contributed by atoms with E-state index in [4.69, 9.17) is 0 Å². The maximum absolute atomic E-state index is 9.26. The SMILES string of the molecule is Cc1c(C#N)cccc1[C@@H](C)Nc1c2cc(Br)cnc2c(C)n[n+]1C. The summed E-state index contributed by atoms with van der Waals surface area (Å²) in [7, 11) is 1.92. The highest BCUT2D eigenvalue weighted by Crippen LogP contribution is 2.28. The number of anilines is 1. The average molecular weight is 397 g/mol. The fourth-order valence-corrected chi connectivity index (χ4v) is 3.43. The first-order chi connectivity index (χ1) is 11.9. The summed E-state index contributed by atoms with van der Waals surface area (Å²) < 4.78 is 2.76. The summed E-state index contributed by atoms with van der Waals surface area (Å²) in [6.45, 7) is 6.02. The van der Waals surface area contributed by atoms with E-state index in [1.165, 1.54) is 0 Å². The molecule has 0 aliphatic rings. The van der Waals surface area contributed by atoms with E-state index < -0.39 is 0 Å². The molecule has 0 aliphatic carbocycles. The minimum absolute atomic E-state index is 0.0196.